The number of methoxy groups -OCH3 is 1. The molecule has 0 spiro atoms. The number of ether oxygens (including phenoxy) is 1. The molecule has 0 aliphatic carbocycles. The van der Waals surface area contributed by atoms with Gasteiger partial charge in [-0.25, -0.2) is 0 Å². The molecular weight excluding hydrogens is 270 g/mol. The molecule has 1 aromatic rings. The van der Waals surface area contributed by atoms with E-state index in [2.05, 4.69) is 5.32 Å². The Morgan fingerprint density at radius 1 is 1.62 bits per heavy atom. The van der Waals surface area contributed by atoms with E-state index in [0.717, 1.165) is 19.5 Å². The van der Waals surface area contributed by atoms with Crippen LogP contribution in [0.1, 0.15) is 13.3 Å². The highest BCUT2D eigenvalue weighted by Crippen LogP contribution is 2.26. The molecule has 6 heteroatoms. The van der Waals surface area contributed by atoms with E-state index in [1.165, 1.54) is 0 Å². The van der Waals surface area contributed by atoms with Gasteiger partial charge in [-0.1, -0.05) is 0 Å². The highest BCUT2D eigenvalue weighted by Gasteiger charge is 2.27. The molecule has 21 heavy (non-hydrogen) atoms. The van der Waals surface area contributed by atoms with Crippen molar-refractivity contribution in [1.29, 1.82) is 0 Å². The number of anilines is 2. The third-order valence-corrected chi connectivity index (χ3v) is 3.86. The lowest BCUT2D eigenvalue weighted by molar-refractivity contribution is -0.117. The van der Waals surface area contributed by atoms with Crippen LogP contribution >= 0.6 is 0 Å². The highest BCUT2D eigenvalue weighted by atomic mass is 16.5. The van der Waals surface area contributed by atoms with Gasteiger partial charge in [-0.2, -0.15) is 0 Å². The van der Waals surface area contributed by atoms with Gasteiger partial charge in [0.1, 0.15) is 5.75 Å². The molecule has 2 unspecified atom stereocenters. The number of rotatable bonds is 5. The maximum absolute atomic E-state index is 12.1. The number of likely N-dealkylation sites (tertiary alicyclic amines) is 1. The summed E-state index contributed by atoms with van der Waals surface area (Å²) in [6, 6.07) is 5.13. The van der Waals surface area contributed by atoms with Crippen molar-refractivity contribution in [2.75, 3.05) is 37.8 Å². The van der Waals surface area contributed by atoms with Gasteiger partial charge in [0.15, 0.2) is 0 Å². The van der Waals surface area contributed by atoms with Crippen LogP contribution in [-0.2, 0) is 4.79 Å². The number of nitrogens with two attached hydrogens (primary N) is 1. The van der Waals surface area contributed by atoms with E-state index in [-0.39, 0.29) is 17.9 Å². The van der Waals surface area contributed by atoms with E-state index in [1.807, 2.05) is 4.90 Å². The number of amides is 1. The second-order valence-electron chi connectivity index (χ2n) is 5.53. The summed E-state index contributed by atoms with van der Waals surface area (Å²) in [5.41, 5.74) is 6.88. The summed E-state index contributed by atoms with van der Waals surface area (Å²) in [4.78, 5) is 14.2. The molecule has 0 radical (unpaired) electrons. The topological polar surface area (TPSA) is 87.8 Å². The van der Waals surface area contributed by atoms with E-state index in [1.54, 1.807) is 32.2 Å². The summed E-state index contributed by atoms with van der Waals surface area (Å²) in [6.45, 7) is 3.68. The molecule has 1 aliphatic rings. The van der Waals surface area contributed by atoms with Crippen molar-refractivity contribution in [3.63, 3.8) is 0 Å². The zero-order valence-electron chi connectivity index (χ0n) is 12.5. The smallest absolute Gasteiger partial charge is 0.238 e. The summed E-state index contributed by atoms with van der Waals surface area (Å²) < 4.78 is 5.20. The Hall–Kier alpha value is -1.79. The van der Waals surface area contributed by atoms with Gasteiger partial charge >= 0.3 is 0 Å². The molecule has 0 saturated carbocycles. The van der Waals surface area contributed by atoms with Crippen LogP contribution in [0.2, 0.25) is 0 Å². The molecule has 2 atom stereocenters. The lowest BCUT2D eigenvalue weighted by atomic mass is 10.0. The second-order valence-corrected chi connectivity index (χ2v) is 5.53. The minimum Gasteiger partial charge on any atom is -0.495 e. The normalized spacial score (nSPS) is 20.2. The van der Waals surface area contributed by atoms with Crippen LogP contribution in [0, 0.1) is 5.92 Å². The highest BCUT2D eigenvalue weighted by molar-refractivity contribution is 5.94. The van der Waals surface area contributed by atoms with Crippen LogP contribution in [-0.4, -0.2) is 48.8 Å². The molecular formula is C15H23N3O3. The maximum Gasteiger partial charge on any atom is 0.238 e. The zero-order chi connectivity index (χ0) is 15.4. The van der Waals surface area contributed by atoms with Crippen LogP contribution in [0.25, 0.3) is 0 Å². The standard InChI is InChI=1S/C15H23N3O3/c1-10(19)11-5-6-18(8-11)9-15(20)17-13-7-12(16)3-4-14(13)21-2/h3-4,7,10-11,19H,5-6,8-9,16H2,1-2H3,(H,17,20). The van der Waals surface area contributed by atoms with E-state index in [9.17, 15) is 9.90 Å². The molecule has 0 bridgehead atoms. The number of carbonyl (C=O) groups is 1. The molecule has 6 nitrogen and oxygen atoms in total. The number of hydrogen-bond acceptors (Lipinski definition) is 5. The molecule has 116 valence electrons. The largest absolute Gasteiger partial charge is 0.495 e. The average molecular weight is 293 g/mol. The SMILES string of the molecule is COc1ccc(N)cc1NC(=O)CN1CCC(C(C)O)C1. The van der Waals surface area contributed by atoms with Crippen LogP contribution in [0.3, 0.4) is 0 Å². The number of aliphatic hydroxyl groups excluding tert-OH is 1. The Bertz CT molecular complexity index is 505. The van der Waals surface area contributed by atoms with E-state index < -0.39 is 0 Å². The number of nitrogens with zero attached hydrogens (tertiary/aromatic N) is 1. The minimum atomic E-state index is -0.327. The Kier molecular flexibility index (Phi) is 5.03. The monoisotopic (exact) mass is 293 g/mol. The summed E-state index contributed by atoms with van der Waals surface area (Å²) in [5.74, 6) is 0.727. The van der Waals surface area contributed by atoms with Crippen LogP contribution in [0.4, 0.5) is 11.4 Å². The van der Waals surface area contributed by atoms with Crippen molar-refractivity contribution in [1.82, 2.24) is 4.90 Å². The molecule has 1 saturated heterocycles. The number of aliphatic hydroxyl groups is 1. The second kappa shape index (κ2) is 6.78. The minimum absolute atomic E-state index is 0.106. The van der Waals surface area contributed by atoms with Crippen LogP contribution < -0.4 is 15.8 Å². The Morgan fingerprint density at radius 2 is 2.38 bits per heavy atom. The van der Waals surface area contributed by atoms with Crippen molar-refractivity contribution in [2.45, 2.75) is 19.4 Å². The third-order valence-electron chi connectivity index (χ3n) is 3.86. The predicted octanol–water partition coefficient (Wildman–Crippen LogP) is 0.919. The molecule has 1 amide bonds. The molecule has 1 aromatic carbocycles. The first-order valence-corrected chi connectivity index (χ1v) is 7.13. The van der Waals surface area contributed by atoms with Gasteiger partial charge in [0.2, 0.25) is 5.91 Å². The Morgan fingerprint density at radius 3 is 3.00 bits per heavy atom. The first kappa shape index (κ1) is 15.6. The van der Waals surface area contributed by atoms with E-state index >= 15 is 0 Å². The van der Waals surface area contributed by atoms with Gasteiger partial charge in [0.05, 0.1) is 25.4 Å². The summed E-state index contributed by atoms with van der Waals surface area (Å²) in [6.07, 6.45) is 0.596. The molecule has 1 fully saturated rings. The van der Waals surface area contributed by atoms with Crippen molar-refractivity contribution in [3.05, 3.63) is 18.2 Å². The number of carbonyl (C=O) groups excluding carboxylic acids is 1. The van der Waals surface area contributed by atoms with Gasteiger partial charge < -0.3 is 20.9 Å². The molecule has 4 N–H and O–H groups in total. The Labute approximate surface area is 124 Å². The summed E-state index contributed by atoms with van der Waals surface area (Å²) in [7, 11) is 1.55. The number of nitrogen functional groups attached to an aromatic ring is 1. The first-order valence-electron chi connectivity index (χ1n) is 7.13. The lowest BCUT2D eigenvalue weighted by Gasteiger charge is -2.17. The quantitative estimate of drug-likeness (QED) is 0.703. The Balaban J connectivity index is 1.92. The summed E-state index contributed by atoms with van der Waals surface area (Å²) >= 11 is 0. The van der Waals surface area contributed by atoms with Crippen molar-refractivity contribution < 1.29 is 14.6 Å². The van der Waals surface area contributed by atoms with Gasteiger partial charge in [0.25, 0.3) is 0 Å². The van der Waals surface area contributed by atoms with Crippen molar-refractivity contribution in [2.24, 2.45) is 5.92 Å². The van der Waals surface area contributed by atoms with Crippen LogP contribution in [0.15, 0.2) is 18.2 Å². The van der Waals surface area contributed by atoms with Crippen molar-refractivity contribution >= 4 is 17.3 Å². The summed E-state index contributed by atoms with van der Waals surface area (Å²) in [5, 5.41) is 12.4. The lowest BCUT2D eigenvalue weighted by Crippen LogP contribution is -2.32. The van der Waals surface area contributed by atoms with Crippen LogP contribution in [0.5, 0.6) is 5.75 Å². The van der Waals surface area contributed by atoms with Gasteiger partial charge in [-0.15, -0.1) is 0 Å². The van der Waals surface area contributed by atoms with Crippen molar-refractivity contribution in [3.8, 4) is 5.75 Å². The molecule has 1 aliphatic heterocycles. The van der Waals surface area contributed by atoms with Gasteiger partial charge in [-0.05, 0) is 44.0 Å². The predicted molar refractivity (Wildman–Crippen MR) is 82.3 cm³/mol. The zero-order valence-corrected chi connectivity index (χ0v) is 12.5. The third kappa shape index (κ3) is 4.09. The van der Waals surface area contributed by atoms with Gasteiger partial charge in [-0.3, -0.25) is 9.69 Å². The fraction of sp³-hybridized carbons (Fsp3) is 0.533. The van der Waals surface area contributed by atoms with E-state index in [0.29, 0.717) is 23.7 Å². The molecule has 2 rings (SSSR count). The fourth-order valence-electron chi connectivity index (χ4n) is 2.62. The number of hydrogen-bond donors (Lipinski definition) is 3. The van der Waals surface area contributed by atoms with E-state index in [4.69, 9.17) is 10.5 Å². The fourth-order valence-corrected chi connectivity index (χ4v) is 2.62. The maximum atomic E-state index is 12.1. The molecule has 1 heterocycles. The number of nitrogens with one attached hydrogen (secondary N) is 1. The average Bonchev–Trinajstić information content (AvgIpc) is 2.87. The molecule has 0 aromatic heterocycles. The van der Waals surface area contributed by atoms with Gasteiger partial charge in [0, 0.05) is 12.2 Å². The number of benzene rings is 1. The first-order chi connectivity index (χ1) is 9.99.